The number of anilines is 2. The van der Waals surface area contributed by atoms with E-state index in [2.05, 4.69) is 25.7 Å². The van der Waals surface area contributed by atoms with Crippen molar-refractivity contribution >= 4 is 51.7 Å². The number of carbonyl (C=O) groups excluding carboxylic acids is 1. The lowest BCUT2D eigenvalue weighted by molar-refractivity contribution is 0.0671. The van der Waals surface area contributed by atoms with Gasteiger partial charge in [-0.05, 0) is 17.7 Å². The molecule has 0 saturated carbocycles. The lowest BCUT2D eigenvalue weighted by atomic mass is 10.2. The maximum atomic E-state index is 12.9. The van der Waals surface area contributed by atoms with Crippen molar-refractivity contribution in [3.05, 3.63) is 40.8 Å². The molecule has 15 heteroatoms. The first kappa shape index (κ1) is 24.1. The van der Waals surface area contributed by atoms with Crippen molar-refractivity contribution in [2.24, 2.45) is 7.05 Å². The van der Waals surface area contributed by atoms with Crippen molar-refractivity contribution in [2.45, 2.75) is 12.6 Å². The van der Waals surface area contributed by atoms with E-state index < -0.39 is 24.6 Å². The summed E-state index contributed by atoms with van der Waals surface area (Å²) in [6.07, 6.45) is 0.00352. The van der Waals surface area contributed by atoms with Crippen LogP contribution < -0.4 is 16.0 Å². The molecule has 14 nitrogen and oxygen atoms in total. The number of hydrogen-bond donors (Lipinski definition) is 4. The van der Waals surface area contributed by atoms with Gasteiger partial charge in [0.1, 0.15) is 5.52 Å². The second-order valence-electron chi connectivity index (χ2n) is 7.71. The highest BCUT2D eigenvalue weighted by molar-refractivity contribution is 6.29. The summed E-state index contributed by atoms with van der Waals surface area (Å²) in [7, 11) is 3.07. The molecule has 0 bridgehead atoms. The van der Waals surface area contributed by atoms with Crippen molar-refractivity contribution < 1.29 is 24.5 Å². The van der Waals surface area contributed by atoms with Gasteiger partial charge in [-0.25, -0.2) is 19.0 Å². The number of imidazole rings is 1. The van der Waals surface area contributed by atoms with Gasteiger partial charge in [0.05, 0.1) is 49.0 Å². The van der Waals surface area contributed by atoms with Gasteiger partial charge >= 0.3 is 6.09 Å². The zero-order valence-electron chi connectivity index (χ0n) is 18.7. The summed E-state index contributed by atoms with van der Waals surface area (Å²) < 4.78 is 8.42. The number of rotatable bonds is 8. The van der Waals surface area contributed by atoms with Crippen molar-refractivity contribution in [3.8, 4) is 0 Å². The fourth-order valence-electron chi connectivity index (χ4n) is 3.45. The number of benzene rings is 1. The van der Waals surface area contributed by atoms with Crippen LogP contribution in [0, 0.1) is 0 Å². The number of nitrogens with one attached hydrogen (secondary N) is 1. The van der Waals surface area contributed by atoms with E-state index in [0.29, 0.717) is 11.2 Å². The number of fused-ring (bicyclic) bond motifs is 2. The molecule has 1 unspecified atom stereocenters. The SMILES string of the molecule is CN(C(=O)O)c1cc(Cl)nn2c(C(=O)NC(CO)COCc3cc(N)c4nnn(C)c4c3)cnc12. The summed E-state index contributed by atoms with van der Waals surface area (Å²) in [5.41, 5.74) is 8.89. The Labute approximate surface area is 202 Å². The van der Waals surface area contributed by atoms with E-state index in [0.717, 1.165) is 20.5 Å². The third-order valence-electron chi connectivity index (χ3n) is 5.25. The fraction of sp³-hybridized carbons (Fsp3) is 0.300. The minimum absolute atomic E-state index is 0.00173. The number of nitrogens with zero attached hydrogens (tertiary/aromatic N) is 7. The first-order valence-corrected chi connectivity index (χ1v) is 10.7. The van der Waals surface area contributed by atoms with Gasteiger partial charge in [-0.1, -0.05) is 16.8 Å². The van der Waals surface area contributed by atoms with Gasteiger partial charge in [0, 0.05) is 20.2 Å². The summed E-state index contributed by atoms with van der Waals surface area (Å²) in [5, 5.41) is 33.6. The molecule has 0 aliphatic carbocycles. The van der Waals surface area contributed by atoms with Crippen LogP contribution in [0.3, 0.4) is 0 Å². The molecule has 3 heterocycles. The number of nitrogen functional groups attached to an aromatic ring is 1. The van der Waals surface area contributed by atoms with Gasteiger partial charge in [-0.3, -0.25) is 9.69 Å². The average Bonchev–Trinajstić information content (AvgIpc) is 3.41. The number of aliphatic hydroxyl groups excluding tert-OH is 1. The molecule has 1 atom stereocenters. The van der Waals surface area contributed by atoms with E-state index in [9.17, 15) is 19.8 Å². The minimum Gasteiger partial charge on any atom is -0.465 e. The standard InChI is InChI=1S/C20H22ClN9O5/c1-28(20(33)34)14-5-16(21)26-30-15(6-23-18(14)30)19(32)24-11(7-31)9-35-8-10-3-12(22)17-13(4-10)29(2)27-25-17/h3-6,11,31H,7-9,22H2,1-2H3,(H,24,32)(H,33,34). The largest absolute Gasteiger partial charge is 0.465 e. The molecule has 3 aromatic heterocycles. The lowest BCUT2D eigenvalue weighted by Crippen LogP contribution is -2.41. The summed E-state index contributed by atoms with van der Waals surface area (Å²) in [6, 6.07) is 4.16. The molecule has 4 aromatic rings. The highest BCUT2D eigenvalue weighted by Gasteiger charge is 2.22. The smallest absolute Gasteiger partial charge is 0.411 e. The van der Waals surface area contributed by atoms with Crippen LogP contribution in [0.2, 0.25) is 5.15 Å². The number of halogens is 1. The van der Waals surface area contributed by atoms with E-state index in [1.54, 1.807) is 17.8 Å². The monoisotopic (exact) mass is 503 g/mol. The predicted octanol–water partition coefficient (Wildman–Crippen LogP) is 0.668. The maximum Gasteiger partial charge on any atom is 0.411 e. The van der Waals surface area contributed by atoms with Gasteiger partial charge in [0.2, 0.25) is 0 Å². The number of carboxylic acid groups (broad SMARTS) is 1. The Hall–Kier alpha value is -4.01. The molecule has 1 aromatic carbocycles. The Morgan fingerprint density at radius 2 is 2.11 bits per heavy atom. The molecular weight excluding hydrogens is 482 g/mol. The first-order chi connectivity index (χ1) is 16.7. The van der Waals surface area contributed by atoms with Gasteiger partial charge in [0.25, 0.3) is 5.91 Å². The van der Waals surface area contributed by atoms with E-state index in [4.69, 9.17) is 22.1 Å². The highest BCUT2D eigenvalue weighted by atomic mass is 35.5. The van der Waals surface area contributed by atoms with Crippen LogP contribution in [0.5, 0.6) is 0 Å². The quantitative estimate of drug-likeness (QED) is 0.249. The molecule has 0 fully saturated rings. The third kappa shape index (κ3) is 4.80. The van der Waals surface area contributed by atoms with Crippen LogP contribution in [0.25, 0.3) is 16.7 Å². The average molecular weight is 504 g/mol. The van der Waals surface area contributed by atoms with Crippen molar-refractivity contribution in [1.29, 1.82) is 0 Å². The Morgan fingerprint density at radius 1 is 1.34 bits per heavy atom. The van der Waals surface area contributed by atoms with Crippen molar-refractivity contribution in [1.82, 2.24) is 34.9 Å². The van der Waals surface area contributed by atoms with E-state index >= 15 is 0 Å². The van der Waals surface area contributed by atoms with E-state index in [1.165, 1.54) is 19.3 Å². The number of aliphatic hydroxyl groups is 1. The summed E-state index contributed by atoms with van der Waals surface area (Å²) in [4.78, 5) is 29.2. The Kier molecular flexibility index (Phi) is 6.68. The van der Waals surface area contributed by atoms with Crippen LogP contribution in [-0.4, -0.2) is 78.1 Å². The molecule has 0 aliphatic heterocycles. The second-order valence-corrected chi connectivity index (χ2v) is 8.09. The van der Waals surface area contributed by atoms with Crippen LogP contribution in [0.1, 0.15) is 16.1 Å². The van der Waals surface area contributed by atoms with Crippen LogP contribution in [0.15, 0.2) is 24.4 Å². The summed E-state index contributed by atoms with van der Waals surface area (Å²) in [6.45, 7) is -0.215. The zero-order valence-corrected chi connectivity index (χ0v) is 19.5. The number of amides is 2. The predicted molar refractivity (Wildman–Crippen MR) is 125 cm³/mol. The minimum atomic E-state index is -1.23. The van der Waals surface area contributed by atoms with Gasteiger partial charge < -0.3 is 26.0 Å². The number of hydrogen-bond acceptors (Lipinski definition) is 9. The molecule has 35 heavy (non-hydrogen) atoms. The third-order valence-corrected chi connectivity index (χ3v) is 5.43. The van der Waals surface area contributed by atoms with Gasteiger partial charge in [-0.2, -0.15) is 5.10 Å². The number of ether oxygens (including phenoxy) is 1. The molecular formula is C20H22ClN9O5. The number of aryl methyl sites for hydroxylation is 1. The molecule has 0 spiro atoms. The molecule has 0 aliphatic rings. The van der Waals surface area contributed by atoms with Crippen molar-refractivity contribution in [2.75, 3.05) is 30.9 Å². The number of nitrogens with two attached hydrogens (primary N) is 1. The van der Waals surface area contributed by atoms with Crippen LogP contribution in [-0.2, 0) is 18.4 Å². The van der Waals surface area contributed by atoms with E-state index in [1.807, 2.05) is 6.07 Å². The number of aromatic nitrogens is 6. The maximum absolute atomic E-state index is 12.9. The number of carbonyl (C=O) groups is 2. The Bertz CT molecular complexity index is 1420. The first-order valence-electron chi connectivity index (χ1n) is 10.3. The second kappa shape index (κ2) is 9.69. The molecule has 0 radical (unpaired) electrons. The normalized spacial score (nSPS) is 12.2. The highest BCUT2D eigenvalue weighted by Crippen LogP contribution is 2.24. The molecule has 5 N–H and O–H groups in total. The molecule has 0 saturated heterocycles. The van der Waals surface area contributed by atoms with Gasteiger partial charge in [0.15, 0.2) is 16.5 Å². The molecule has 4 rings (SSSR count). The van der Waals surface area contributed by atoms with Crippen molar-refractivity contribution in [3.63, 3.8) is 0 Å². The zero-order chi connectivity index (χ0) is 25.3. The lowest BCUT2D eigenvalue weighted by Gasteiger charge is -2.17. The Morgan fingerprint density at radius 3 is 2.83 bits per heavy atom. The van der Waals surface area contributed by atoms with E-state index in [-0.39, 0.29) is 35.4 Å². The topological polar surface area (TPSA) is 186 Å². The molecule has 2 amide bonds. The summed E-state index contributed by atoms with van der Waals surface area (Å²) >= 11 is 6.03. The Balaban J connectivity index is 1.45. The van der Waals surface area contributed by atoms with Crippen LogP contribution in [0.4, 0.5) is 16.2 Å². The fourth-order valence-corrected chi connectivity index (χ4v) is 3.63. The van der Waals surface area contributed by atoms with Crippen LogP contribution >= 0.6 is 11.6 Å². The molecule has 184 valence electrons. The van der Waals surface area contributed by atoms with Gasteiger partial charge in [-0.15, -0.1) is 5.10 Å². The summed E-state index contributed by atoms with van der Waals surface area (Å²) in [5.74, 6) is -0.606.